The van der Waals surface area contributed by atoms with Gasteiger partial charge in [0.15, 0.2) is 0 Å². The van der Waals surface area contributed by atoms with Crippen molar-refractivity contribution in [1.82, 2.24) is 4.98 Å². The average Bonchev–Trinajstić information content (AvgIpc) is 2.69. The van der Waals surface area contributed by atoms with Crippen LogP contribution in [0.5, 0.6) is 0 Å². The van der Waals surface area contributed by atoms with Crippen molar-refractivity contribution in [3.63, 3.8) is 0 Å². The van der Waals surface area contributed by atoms with Crippen LogP contribution in [-0.4, -0.2) is 12.0 Å². The van der Waals surface area contributed by atoms with Crippen molar-refractivity contribution in [2.45, 2.75) is 13.8 Å². The van der Waals surface area contributed by atoms with E-state index >= 15 is 0 Å². The number of hydrogen-bond acceptors (Lipinski definition) is 3. The highest BCUT2D eigenvalue weighted by Crippen LogP contribution is 2.26. The van der Waals surface area contributed by atoms with Crippen LogP contribution < -0.4 is 4.90 Å². The van der Waals surface area contributed by atoms with Crippen LogP contribution in [0.4, 0.5) is 11.5 Å². The molecule has 0 amide bonds. The van der Waals surface area contributed by atoms with E-state index in [4.69, 9.17) is 0 Å². The molecule has 0 unspecified atom stereocenters. The van der Waals surface area contributed by atoms with Gasteiger partial charge in [0.1, 0.15) is 5.82 Å². The lowest BCUT2D eigenvalue weighted by atomic mass is 10.1. The molecule has 0 saturated carbocycles. The van der Waals surface area contributed by atoms with Crippen molar-refractivity contribution in [2.75, 3.05) is 11.9 Å². The second-order valence-electron chi connectivity index (χ2n) is 3.70. The predicted octanol–water partition coefficient (Wildman–Crippen LogP) is 3.53. The zero-order valence-electron chi connectivity index (χ0n) is 9.19. The molecule has 2 aromatic rings. The molecule has 78 valence electrons. The van der Waals surface area contributed by atoms with Crippen molar-refractivity contribution >= 4 is 22.8 Å². The van der Waals surface area contributed by atoms with E-state index in [1.54, 1.807) is 11.3 Å². The molecule has 0 aliphatic rings. The molecule has 2 rings (SSSR count). The Hall–Kier alpha value is -1.35. The van der Waals surface area contributed by atoms with Crippen molar-refractivity contribution in [3.8, 4) is 0 Å². The minimum atomic E-state index is 1.01. The minimum Gasteiger partial charge on any atom is -0.329 e. The SMILES string of the molecule is Cc1ccc(N(C)c2cscn2)c(C)c1. The van der Waals surface area contributed by atoms with E-state index in [9.17, 15) is 0 Å². The van der Waals surface area contributed by atoms with Gasteiger partial charge in [-0.05, 0) is 25.5 Å². The van der Waals surface area contributed by atoms with E-state index in [0.717, 1.165) is 5.82 Å². The third kappa shape index (κ3) is 2.02. The molecule has 1 heterocycles. The van der Waals surface area contributed by atoms with Crippen LogP contribution in [0.3, 0.4) is 0 Å². The smallest absolute Gasteiger partial charge is 0.143 e. The van der Waals surface area contributed by atoms with Crippen molar-refractivity contribution < 1.29 is 0 Å². The van der Waals surface area contributed by atoms with Crippen LogP contribution in [-0.2, 0) is 0 Å². The summed E-state index contributed by atoms with van der Waals surface area (Å²) in [5, 5.41) is 2.05. The first-order valence-corrected chi connectivity index (χ1v) is 5.82. The van der Waals surface area contributed by atoms with Crippen LogP contribution in [0.2, 0.25) is 0 Å². The molecule has 3 heteroatoms. The Labute approximate surface area is 94.2 Å². The largest absolute Gasteiger partial charge is 0.329 e. The quantitative estimate of drug-likeness (QED) is 0.766. The summed E-state index contributed by atoms with van der Waals surface area (Å²) < 4.78 is 0. The molecule has 0 fully saturated rings. The van der Waals surface area contributed by atoms with Crippen LogP contribution in [0, 0.1) is 13.8 Å². The lowest BCUT2D eigenvalue weighted by molar-refractivity contribution is 1.13. The van der Waals surface area contributed by atoms with Gasteiger partial charge in [0.05, 0.1) is 5.51 Å². The fraction of sp³-hybridized carbons (Fsp3) is 0.250. The maximum Gasteiger partial charge on any atom is 0.143 e. The number of anilines is 2. The van der Waals surface area contributed by atoms with Gasteiger partial charge in [-0.25, -0.2) is 4.98 Å². The highest BCUT2D eigenvalue weighted by Gasteiger charge is 2.07. The van der Waals surface area contributed by atoms with E-state index < -0.39 is 0 Å². The first-order valence-electron chi connectivity index (χ1n) is 4.87. The second-order valence-corrected chi connectivity index (χ2v) is 4.41. The minimum absolute atomic E-state index is 1.01. The highest BCUT2D eigenvalue weighted by molar-refractivity contribution is 7.07. The van der Waals surface area contributed by atoms with Gasteiger partial charge in [0.25, 0.3) is 0 Å². The third-order valence-electron chi connectivity index (χ3n) is 2.48. The standard InChI is InChI=1S/C12H14N2S/c1-9-4-5-11(10(2)6-9)14(3)12-7-15-8-13-12/h4-8H,1-3H3. The van der Waals surface area contributed by atoms with Crippen molar-refractivity contribution in [1.29, 1.82) is 0 Å². The number of aromatic nitrogens is 1. The predicted molar refractivity (Wildman–Crippen MR) is 66.1 cm³/mol. The van der Waals surface area contributed by atoms with Crippen LogP contribution >= 0.6 is 11.3 Å². The molecule has 15 heavy (non-hydrogen) atoms. The van der Waals surface area contributed by atoms with Gasteiger partial charge in [-0.3, -0.25) is 0 Å². The monoisotopic (exact) mass is 218 g/mol. The molecule has 0 aliphatic heterocycles. The number of thiazole rings is 1. The Balaban J connectivity index is 2.38. The van der Waals surface area contributed by atoms with E-state index in [2.05, 4.69) is 47.3 Å². The summed E-state index contributed by atoms with van der Waals surface area (Å²) in [6.45, 7) is 4.24. The molecular weight excluding hydrogens is 204 g/mol. The van der Waals surface area contributed by atoms with E-state index in [0.29, 0.717) is 0 Å². The fourth-order valence-corrected chi connectivity index (χ4v) is 2.25. The number of hydrogen-bond donors (Lipinski definition) is 0. The summed E-state index contributed by atoms with van der Waals surface area (Å²) in [5.74, 6) is 1.01. The first-order chi connectivity index (χ1) is 7.18. The third-order valence-corrected chi connectivity index (χ3v) is 3.05. The normalized spacial score (nSPS) is 10.3. The Morgan fingerprint density at radius 3 is 2.67 bits per heavy atom. The van der Waals surface area contributed by atoms with Crippen LogP contribution in [0.1, 0.15) is 11.1 Å². The summed E-state index contributed by atoms with van der Waals surface area (Å²) in [7, 11) is 2.05. The first kappa shape index (κ1) is 10.2. The molecule has 0 radical (unpaired) electrons. The summed E-state index contributed by atoms with van der Waals surface area (Å²) in [6.07, 6.45) is 0. The Morgan fingerprint density at radius 2 is 2.07 bits per heavy atom. The summed E-state index contributed by atoms with van der Waals surface area (Å²) in [4.78, 5) is 6.42. The summed E-state index contributed by atoms with van der Waals surface area (Å²) in [5.41, 5.74) is 5.65. The molecule has 0 bridgehead atoms. The molecule has 0 saturated heterocycles. The second kappa shape index (κ2) is 4.03. The van der Waals surface area contributed by atoms with Crippen molar-refractivity contribution in [3.05, 3.63) is 40.2 Å². The fourth-order valence-electron chi connectivity index (χ4n) is 1.68. The van der Waals surface area contributed by atoms with Gasteiger partial charge >= 0.3 is 0 Å². The molecule has 0 aliphatic carbocycles. The number of aryl methyl sites for hydroxylation is 2. The Morgan fingerprint density at radius 1 is 1.27 bits per heavy atom. The maximum atomic E-state index is 4.30. The van der Waals surface area contributed by atoms with Gasteiger partial charge in [-0.1, -0.05) is 17.7 Å². The molecule has 2 nitrogen and oxygen atoms in total. The van der Waals surface area contributed by atoms with Gasteiger partial charge in [-0.2, -0.15) is 0 Å². The molecule has 0 N–H and O–H groups in total. The Bertz CT molecular complexity index is 449. The van der Waals surface area contributed by atoms with Crippen molar-refractivity contribution in [2.24, 2.45) is 0 Å². The van der Waals surface area contributed by atoms with Crippen LogP contribution in [0.15, 0.2) is 29.1 Å². The summed E-state index contributed by atoms with van der Waals surface area (Å²) >= 11 is 1.62. The molecule has 0 atom stereocenters. The van der Waals surface area contributed by atoms with E-state index in [-0.39, 0.29) is 0 Å². The maximum absolute atomic E-state index is 4.30. The van der Waals surface area contributed by atoms with Gasteiger partial charge in [0, 0.05) is 18.1 Å². The van der Waals surface area contributed by atoms with Crippen LogP contribution in [0.25, 0.3) is 0 Å². The average molecular weight is 218 g/mol. The highest BCUT2D eigenvalue weighted by atomic mass is 32.1. The lowest BCUT2D eigenvalue weighted by Crippen LogP contribution is -2.11. The number of rotatable bonds is 2. The number of nitrogens with zero attached hydrogens (tertiary/aromatic N) is 2. The van der Waals surface area contributed by atoms with Gasteiger partial charge in [-0.15, -0.1) is 11.3 Å². The topological polar surface area (TPSA) is 16.1 Å². The molecular formula is C12H14N2S. The molecule has 1 aromatic carbocycles. The zero-order valence-corrected chi connectivity index (χ0v) is 10.0. The zero-order chi connectivity index (χ0) is 10.8. The molecule has 0 spiro atoms. The van der Waals surface area contributed by atoms with E-state index in [1.807, 2.05) is 12.6 Å². The van der Waals surface area contributed by atoms with E-state index in [1.165, 1.54) is 16.8 Å². The number of benzene rings is 1. The summed E-state index contributed by atoms with van der Waals surface area (Å²) in [6, 6.07) is 6.47. The Kier molecular flexibility index (Phi) is 2.73. The molecule has 1 aromatic heterocycles. The van der Waals surface area contributed by atoms with Gasteiger partial charge < -0.3 is 4.90 Å². The van der Waals surface area contributed by atoms with Gasteiger partial charge in [0.2, 0.25) is 0 Å². The lowest BCUT2D eigenvalue weighted by Gasteiger charge is -2.19.